The number of benzene rings is 2. The Balaban J connectivity index is 1.61. The van der Waals surface area contributed by atoms with Crippen molar-refractivity contribution in [1.29, 1.82) is 0 Å². The smallest absolute Gasteiger partial charge is 0.328 e. The van der Waals surface area contributed by atoms with Crippen LogP contribution in [0, 0.1) is 0 Å². The van der Waals surface area contributed by atoms with Crippen molar-refractivity contribution in [2.45, 2.75) is 58.2 Å². The summed E-state index contributed by atoms with van der Waals surface area (Å²) in [6.07, 6.45) is 0.453. The van der Waals surface area contributed by atoms with Crippen LogP contribution in [0.1, 0.15) is 57.5 Å². The number of aromatic amines is 1. The van der Waals surface area contributed by atoms with Crippen LogP contribution in [0.4, 0.5) is 4.79 Å². The number of hydrogen-bond acceptors (Lipinski definition) is 4. The second kappa shape index (κ2) is 8.41. The maximum Gasteiger partial charge on any atom is 0.328 e. The van der Waals surface area contributed by atoms with Gasteiger partial charge in [-0.3, -0.25) is 14.6 Å². The molecule has 3 amide bonds. The molecule has 5 rings (SSSR count). The van der Waals surface area contributed by atoms with Crippen molar-refractivity contribution in [3.63, 3.8) is 0 Å². The van der Waals surface area contributed by atoms with Gasteiger partial charge in [-0.1, -0.05) is 30.3 Å². The Bertz CT molecular complexity index is 1280. The van der Waals surface area contributed by atoms with Crippen LogP contribution < -0.4 is 10.1 Å². The molecule has 0 unspecified atom stereocenters. The number of hydrogen-bond donors (Lipinski definition) is 2. The summed E-state index contributed by atoms with van der Waals surface area (Å²) in [6.45, 7) is 11.6. The predicted octanol–water partition coefficient (Wildman–Crippen LogP) is 4.62. The van der Waals surface area contributed by atoms with E-state index >= 15 is 0 Å². The summed E-state index contributed by atoms with van der Waals surface area (Å²) in [6, 6.07) is 15.4. The Labute approximate surface area is 206 Å². The summed E-state index contributed by atoms with van der Waals surface area (Å²) in [5.74, 6) is 0.662. The number of fused-ring (bicyclic) bond motifs is 4. The summed E-state index contributed by atoms with van der Waals surface area (Å²) < 4.78 is 5.76. The molecule has 0 bridgehead atoms. The molecule has 0 saturated carbocycles. The quantitative estimate of drug-likeness (QED) is 0.511. The van der Waals surface area contributed by atoms with E-state index in [0.717, 1.165) is 33.5 Å². The lowest BCUT2D eigenvalue weighted by Gasteiger charge is -2.42. The Morgan fingerprint density at radius 3 is 2.57 bits per heavy atom. The van der Waals surface area contributed by atoms with E-state index in [1.807, 2.05) is 62.4 Å². The Morgan fingerprint density at radius 1 is 1.14 bits per heavy atom. The van der Waals surface area contributed by atoms with Crippen LogP contribution in [0.2, 0.25) is 0 Å². The predicted molar refractivity (Wildman–Crippen MR) is 137 cm³/mol. The number of urea groups is 1. The Hall–Kier alpha value is -3.32. The van der Waals surface area contributed by atoms with Crippen LogP contribution in [-0.4, -0.2) is 57.5 Å². The molecule has 2 aliphatic heterocycles. The number of nitrogens with zero attached hydrogens (tertiary/aromatic N) is 2. The van der Waals surface area contributed by atoms with Gasteiger partial charge in [0.2, 0.25) is 0 Å². The highest BCUT2D eigenvalue weighted by atomic mass is 16.5. The summed E-state index contributed by atoms with van der Waals surface area (Å²) in [5.41, 5.74) is 2.94. The molecule has 2 atom stereocenters. The fraction of sp³-hybridized carbons (Fsp3) is 0.429. The first kappa shape index (κ1) is 23.4. The molecule has 35 heavy (non-hydrogen) atoms. The molecule has 0 spiro atoms. The van der Waals surface area contributed by atoms with Crippen LogP contribution in [-0.2, 0) is 11.2 Å². The lowest BCUT2D eigenvalue weighted by Crippen LogP contribution is -2.53. The number of amides is 3. The molecule has 3 heterocycles. The second-order valence-electron chi connectivity index (χ2n) is 10.7. The third kappa shape index (κ3) is 3.88. The van der Waals surface area contributed by atoms with Crippen molar-refractivity contribution in [1.82, 2.24) is 20.1 Å². The van der Waals surface area contributed by atoms with Gasteiger partial charge in [0.1, 0.15) is 17.3 Å². The molecule has 2 N–H and O–H groups in total. The van der Waals surface area contributed by atoms with Crippen molar-refractivity contribution < 1.29 is 14.3 Å². The summed E-state index contributed by atoms with van der Waals surface area (Å²) >= 11 is 0. The van der Waals surface area contributed by atoms with Crippen molar-refractivity contribution in [3.05, 3.63) is 65.4 Å². The van der Waals surface area contributed by atoms with E-state index in [9.17, 15) is 9.59 Å². The number of imide groups is 1. The van der Waals surface area contributed by atoms with Gasteiger partial charge in [0.25, 0.3) is 5.91 Å². The minimum atomic E-state index is -0.969. The number of H-pyrrole nitrogens is 1. The van der Waals surface area contributed by atoms with Crippen LogP contribution in [0.5, 0.6) is 5.75 Å². The van der Waals surface area contributed by atoms with Gasteiger partial charge < -0.3 is 15.0 Å². The minimum Gasteiger partial charge on any atom is -0.494 e. The largest absolute Gasteiger partial charge is 0.494 e. The molecule has 2 aliphatic rings. The Kier molecular flexibility index (Phi) is 5.63. The van der Waals surface area contributed by atoms with Crippen molar-refractivity contribution >= 4 is 22.8 Å². The van der Waals surface area contributed by atoms with Crippen LogP contribution in [0.15, 0.2) is 48.5 Å². The molecule has 0 radical (unpaired) electrons. The highest BCUT2D eigenvalue weighted by Gasteiger charge is 2.60. The lowest BCUT2D eigenvalue weighted by molar-refractivity contribution is -0.133. The number of aromatic nitrogens is 1. The van der Waals surface area contributed by atoms with Gasteiger partial charge in [0.05, 0.1) is 6.61 Å². The zero-order chi connectivity index (χ0) is 25.0. The molecule has 1 fully saturated rings. The van der Waals surface area contributed by atoms with Gasteiger partial charge >= 0.3 is 6.03 Å². The number of carbonyl (C=O) groups excluding carboxylic acids is 2. The zero-order valence-corrected chi connectivity index (χ0v) is 21.1. The second-order valence-corrected chi connectivity index (χ2v) is 10.7. The Morgan fingerprint density at radius 2 is 1.89 bits per heavy atom. The first-order chi connectivity index (χ1) is 16.6. The third-order valence-corrected chi connectivity index (χ3v) is 7.05. The van der Waals surface area contributed by atoms with E-state index in [2.05, 4.69) is 31.1 Å². The lowest BCUT2D eigenvalue weighted by atomic mass is 9.81. The van der Waals surface area contributed by atoms with Crippen molar-refractivity contribution in [2.75, 3.05) is 19.7 Å². The van der Waals surface area contributed by atoms with Crippen molar-refractivity contribution in [3.8, 4) is 5.75 Å². The van der Waals surface area contributed by atoms with Crippen LogP contribution in [0.3, 0.4) is 0 Å². The number of ether oxygens (including phenoxy) is 1. The highest BCUT2D eigenvalue weighted by molar-refractivity contribution is 6.08. The first-order valence-electron chi connectivity index (χ1n) is 12.4. The topological polar surface area (TPSA) is 77.7 Å². The fourth-order valence-electron chi connectivity index (χ4n) is 5.47. The average molecular weight is 475 g/mol. The number of rotatable bonds is 6. The monoisotopic (exact) mass is 474 g/mol. The maximum atomic E-state index is 13.8. The SMILES string of the molecule is CCOc1ccc2[nH]c3c(c2c1)C[C@@]1(C)C(=O)N(CCNC(C)(C)C)C(=O)N1[C@@H]3c1ccccc1. The molecule has 1 aromatic heterocycles. The van der Waals surface area contributed by atoms with Gasteiger partial charge in [-0.05, 0) is 63.9 Å². The first-order valence-corrected chi connectivity index (χ1v) is 12.4. The van der Waals surface area contributed by atoms with Crippen LogP contribution in [0.25, 0.3) is 10.9 Å². The zero-order valence-electron chi connectivity index (χ0n) is 21.1. The molecule has 1 saturated heterocycles. The van der Waals surface area contributed by atoms with E-state index in [1.165, 1.54) is 4.90 Å². The van der Waals surface area contributed by atoms with Crippen LogP contribution >= 0.6 is 0 Å². The maximum absolute atomic E-state index is 13.8. The molecular formula is C28H34N4O3. The van der Waals surface area contributed by atoms with Gasteiger partial charge in [0.15, 0.2) is 0 Å². The molecule has 0 aliphatic carbocycles. The normalized spacial score (nSPS) is 22.0. The number of nitrogens with one attached hydrogen (secondary N) is 2. The van der Waals surface area contributed by atoms with E-state index < -0.39 is 5.54 Å². The average Bonchev–Trinajstić information content (AvgIpc) is 3.25. The van der Waals surface area contributed by atoms with E-state index in [0.29, 0.717) is 26.1 Å². The molecule has 7 heteroatoms. The van der Waals surface area contributed by atoms with Gasteiger partial charge in [-0.25, -0.2) is 4.79 Å². The summed E-state index contributed by atoms with van der Waals surface area (Å²) in [4.78, 5) is 34.5. The van der Waals surface area contributed by atoms with Crippen molar-refractivity contribution in [2.24, 2.45) is 0 Å². The van der Waals surface area contributed by atoms with E-state index in [-0.39, 0.29) is 23.5 Å². The number of carbonyl (C=O) groups is 2. The minimum absolute atomic E-state index is 0.0933. The van der Waals surface area contributed by atoms with Gasteiger partial charge in [-0.2, -0.15) is 0 Å². The molecular weight excluding hydrogens is 440 g/mol. The highest BCUT2D eigenvalue weighted by Crippen LogP contribution is 2.48. The summed E-state index contributed by atoms with van der Waals surface area (Å²) in [5, 5.41) is 4.44. The van der Waals surface area contributed by atoms with E-state index in [4.69, 9.17) is 4.74 Å². The summed E-state index contributed by atoms with van der Waals surface area (Å²) in [7, 11) is 0. The van der Waals surface area contributed by atoms with Gasteiger partial charge in [0, 0.05) is 41.6 Å². The molecule has 2 aromatic carbocycles. The van der Waals surface area contributed by atoms with E-state index in [1.54, 1.807) is 4.90 Å². The standard InChI is InChI=1S/C28H34N4O3/c1-6-35-19-12-13-22-20(16-19)21-17-28(5)25(33)31(15-14-29-27(2,3)4)26(34)32(28)24(23(21)30-22)18-10-8-7-9-11-18/h7-13,16,24,29-30H,6,14-15,17H2,1-5H3/t24-,28+/m1/s1. The third-order valence-electron chi connectivity index (χ3n) is 7.05. The molecule has 7 nitrogen and oxygen atoms in total. The molecule has 184 valence electrons. The fourth-order valence-corrected chi connectivity index (χ4v) is 5.47. The van der Waals surface area contributed by atoms with Gasteiger partial charge in [-0.15, -0.1) is 0 Å². The molecule has 3 aromatic rings.